The lowest BCUT2D eigenvalue weighted by Gasteiger charge is -2.32. The monoisotopic (exact) mass is 576 g/mol. The van der Waals surface area contributed by atoms with E-state index in [9.17, 15) is 4.79 Å². The van der Waals surface area contributed by atoms with Crippen molar-refractivity contribution in [2.45, 2.75) is 51.8 Å². The van der Waals surface area contributed by atoms with E-state index in [0.717, 1.165) is 44.9 Å². The summed E-state index contributed by atoms with van der Waals surface area (Å²) in [5.74, 6) is 1.46. The van der Waals surface area contributed by atoms with Crippen molar-refractivity contribution in [3.8, 4) is 0 Å². The second-order valence-electron chi connectivity index (χ2n) is 9.15. The predicted octanol–water partition coefficient (Wildman–Crippen LogP) is 4.57. The molecular formula is C27H37IN4O2. The number of nitrogens with zero attached hydrogens (tertiary/aromatic N) is 2. The third-order valence-electron chi connectivity index (χ3n) is 6.60. The molecule has 1 amide bonds. The minimum Gasteiger partial charge on any atom is -0.373 e. The van der Waals surface area contributed by atoms with Crippen LogP contribution in [0.5, 0.6) is 0 Å². The zero-order valence-electron chi connectivity index (χ0n) is 20.3. The summed E-state index contributed by atoms with van der Waals surface area (Å²) in [5.41, 5.74) is 4.88. The van der Waals surface area contributed by atoms with E-state index in [0.29, 0.717) is 25.4 Å². The summed E-state index contributed by atoms with van der Waals surface area (Å²) >= 11 is 0. The van der Waals surface area contributed by atoms with E-state index in [2.05, 4.69) is 71.1 Å². The minimum atomic E-state index is 0. The number of rotatable bonds is 7. The molecule has 0 aliphatic carbocycles. The molecule has 0 aromatic heterocycles. The smallest absolute Gasteiger partial charge is 0.222 e. The largest absolute Gasteiger partial charge is 0.373 e. The van der Waals surface area contributed by atoms with Crippen LogP contribution in [0.1, 0.15) is 54.0 Å². The van der Waals surface area contributed by atoms with E-state index < -0.39 is 0 Å². The zero-order valence-corrected chi connectivity index (χ0v) is 22.6. The molecule has 2 aliphatic heterocycles. The molecule has 2 atom stereocenters. The van der Waals surface area contributed by atoms with E-state index in [4.69, 9.17) is 4.74 Å². The van der Waals surface area contributed by atoms with E-state index in [1.165, 1.54) is 22.3 Å². The van der Waals surface area contributed by atoms with Crippen molar-refractivity contribution in [2.75, 3.05) is 26.7 Å². The molecule has 0 saturated carbocycles. The molecular weight excluding hydrogens is 539 g/mol. The van der Waals surface area contributed by atoms with Crippen molar-refractivity contribution in [1.29, 1.82) is 0 Å². The molecule has 0 bridgehead atoms. The summed E-state index contributed by atoms with van der Waals surface area (Å²) in [6, 6.07) is 17.1. The van der Waals surface area contributed by atoms with E-state index in [-0.39, 0.29) is 36.0 Å². The van der Waals surface area contributed by atoms with Gasteiger partial charge in [-0.25, -0.2) is 0 Å². The molecule has 0 radical (unpaired) electrons. The molecule has 4 rings (SSSR count). The number of ether oxygens (including phenoxy) is 1. The number of nitrogens with one attached hydrogen (secondary N) is 2. The van der Waals surface area contributed by atoms with Crippen molar-refractivity contribution in [2.24, 2.45) is 10.9 Å². The predicted molar refractivity (Wildman–Crippen MR) is 147 cm³/mol. The van der Waals surface area contributed by atoms with Gasteiger partial charge in [-0.2, -0.15) is 0 Å². The van der Waals surface area contributed by atoms with Crippen LogP contribution in [0, 0.1) is 12.8 Å². The Kier molecular flexibility index (Phi) is 10.2. The van der Waals surface area contributed by atoms with Gasteiger partial charge in [0.05, 0.1) is 6.10 Å². The highest BCUT2D eigenvalue weighted by molar-refractivity contribution is 14.0. The van der Waals surface area contributed by atoms with Crippen molar-refractivity contribution in [3.05, 3.63) is 70.8 Å². The maximum atomic E-state index is 11.9. The minimum absolute atomic E-state index is 0. The Bertz CT molecular complexity index is 963. The molecule has 2 N–H and O–H groups in total. The normalized spacial score (nSPS) is 20.7. The lowest BCUT2D eigenvalue weighted by Crippen LogP contribution is -2.41. The number of likely N-dealkylation sites (tertiary alicyclic amines) is 1. The number of hydrogen-bond donors (Lipinski definition) is 2. The molecule has 2 unspecified atom stereocenters. The Morgan fingerprint density at radius 1 is 1.12 bits per heavy atom. The second-order valence-corrected chi connectivity index (χ2v) is 9.15. The van der Waals surface area contributed by atoms with Crippen LogP contribution >= 0.6 is 24.0 Å². The fourth-order valence-corrected chi connectivity index (χ4v) is 4.74. The summed E-state index contributed by atoms with van der Waals surface area (Å²) in [6.07, 6.45) is 4.00. The Balaban J connectivity index is 0.00000324. The highest BCUT2D eigenvalue weighted by atomic mass is 127. The van der Waals surface area contributed by atoms with Crippen LogP contribution in [0.3, 0.4) is 0 Å². The molecule has 2 aliphatic rings. The number of benzene rings is 2. The molecule has 6 nitrogen and oxygen atoms in total. The lowest BCUT2D eigenvalue weighted by molar-refractivity contribution is -0.128. The SMILES string of the molecule is CN=C(NCc1cccc(CN2CCCC2=O)c1)NCC1CCCOC1c1ccc(C)cc1.I. The molecule has 34 heavy (non-hydrogen) atoms. The maximum absolute atomic E-state index is 11.9. The quantitative estimate of drug-likeness (QED) is 0.288. The number of aliphatic imine (C=N–C) groups is 1. The van der Waals surface area contributed by atoms with Crippen LogP contribution in [0.2, 0.25) is 0 Å². The topological polar surface area (TPSA) is 66.0 Å². The number of amides is 1. The van der Waals surface area contributed by atoms with Gasteiger partial charge in [0.25, 0.3) is 0 Å². The van der Waals surface area contributed by atoms with Crippen molar-refractivity contribution in [1.82, 2.24) is 15.5 Å². The van der Waals surface area contributed by atoms with Crippen LogP contribution in [0.4, 0.5) is 0 Å². The first-order chi connectivity index (χ1) is 16.1. The summed E-state index contributed by atoms with van der Waals surface area (Å²) in [5, 5.41) is 6.94. The third kappa shape index (κ3) is 7.18. The Morgan fingerprint density at radius 2 is 1.91 bits per heavy atom. The maximum Gasteiger partial charge on any atom is 0.222 e. The van der Waals surface area contributed by atoms with Crippen LogP contribution in [0.25, 0.3) is 0 Å². The van der Waals surface area contributed by atoms with Gasteiger partial charge in [0.1, 0.15) is 0 Å². The number of aryl methyl sites for hydroxylation is 1. The lowest BCUT2D eigenvalue weighted by atomic mass is 9.89. The van der Waals surface area contributed by atoms with Crippen molar-refractivity contribution < 1.29 is 9.53 Å². The Labute approximate surface area is 220 Å². The van der Waals surface area contributed by atoms with Gasteiger partial charge in [0, 0.05) is 52.2 Å². The van der Waals surface area contributed by atoms with Gasteiger partial charge in [-0.15, -0.1) is 24.0 Å². The molecule has 2 saturated heterocycles. The average molecular weight is 577 g/mol. The first-order valence-electron chi connectivity index (χ1n) is 12.1. The fourth-order valence-electron chi connectivity index (χ4n) is 4.74. The second kappa shape index (κ2) is 13.1. The fraction of sp³-hybridized carbons (Fsp3) is 0.481. The molecule has 2 fully saturated rings. The van der Waals surface area contributed by atoms with Gasteiger partial charge in [0.2, 0.25) is 5.91 Å². The Hall–Kier alpha value is -2.13. The number of carbonyl (C=O) groups is 1. The molecule has 2 heterocycles. The highest BCUT2D eigenvalue weighted by Crippen LogP contribution is 2.33. The molecule has 0 spiro atoms. The molecule has 184 valence electrons. The van der Waals surface area contributed by atoms with Gasteiger partial charge < -0.3 is 20.3 Å². The number of hydrogen-bond acceptors (Lipinski definition) is 3. The zero-order chi connectivity index (χ0) is 23.0. The average Bonchev–Trinajstić information content (AvgIpc) is 3.24. The first-order valence-corrected chi connectivity index (χ1v) is 12.1. The third-order valence-corrected chi connectivity index (χ3v) is 6.60. The summed E-state index contributed by atoms with van der Waals surface area (Å²) in [6.45, 7) is 6.00. The number of carbonyl (C=O) groups excluding carboxylic acids is 1. The van der Waals surface area contributed by atoms with Crippen molar-refractivity contribution >= 4 is 35.8 Å². The van der Waals surface area contributed by atoms with Crippen LogP contribution in [0.15, 0.2) is 53.5 Å². The van der Waals surface area contributed by atoms with Gasteiger partial charge in [-0.05, 0) is 42.9 Å². The van der Waals surface area contributed by atoms with Crippen LogP contribution in [-0.2, 0) is 22.6 Å². The van der Waals surface area contributed by atoms with Crippen LogP contribution < -0.4 is 10.6 Å². The highest BCUT2D eigenvalue weighted by Gasteiger charge is 2.27. The van der Waals surface area contributed by atoms with Gasteiger partial charge in [-0.1, -0.05) is 54.1 Å². The van der Waals surface area contributed by atoms with E-state index in [1.807, 2.05) is 4.90 Å². The van der Waals surface area contributed by atoms with Gasteiger partial charge in [0.15, 0.2) is 5.96 Å². The summed E-state index contributed by atoms with van der Waals surface area (Å²) in [4.78, 5) is 18.3. The number of halogens is 1. The van der Waals surface area contributed by atoms with Gasteiger partial charge >= 0.3 is 0 Å². The molecule has 2 aromatic rings. The van der Waals surface area contributed by atoms with Crippen LogP contribution in [-0.4, -0.2) is 43.5 Å². The van der Waals surface area contributed by atoms with E-state index >= 15 is 0 Å². The van der Waals surface area contributed by atoms with Crippen molar-refractivity contribution in [3.63, 3.8) is 0 Å². The molecule has 7 heteroatoms. The van der Waals surface area contributed by atoms with E-state index in [1.54, 1.807) is 7.05 Å². The van der Waals surface area contributed by atoms with Gasteiger partial charge in [-0.3, -0.25) is 9.79 Å². The molecule has 2 aromatic carbocycles. The standard InChI is InChI=1S/C27H36N4O2.HI/c1-20-10-12-23(13-11-20)26-24(8-5-15-33-26)18-30-27(28-2)29-17-21-6-3-7-22(16-21)19-31-14-4-9-25(31)32;/h3,6-7,10-13,16,24,26H,4-5,8-9,14-15,17-19H2,1-2H3,(H2,28,29,30);1H. The first kappa shape index (κ1) is 26.5. The summed E-state index contributed by atoms with van der Waals surface area (Å²) < 4.78 is 6.16. The summed E-state index contributed by atoms with van der Waals surface area (Å²) in [7, 11) is 1.81. The number of guanidine groups is 1. The Morgan fingerprint density at radius 3 is 2.65 bits per heavy atom.